The number of aryl methyl sites for hydroxylation is 1. The summed E-state index contributed by atoms with van der Waals surface area (Å²) in [6.45, 7) is 6.66. The number of anilines is 2. The summed E-state index contributed by atoms with van der Waals surface area (Å²) >= 11 is 6.89. The van der Waals surface area contributed by atoms with Gasteiger partial charge in [0.05, 0.1) is 28.8 Å². The number of ether oxygens (including phenoxy) is 1. The van der Waals surface area contributed by atoms with Crippen LogP contribution in [-0.2, 0) is 25.5 Å². The number of imide groups is 2. The van der Waals surface area contributed by atoms with Crippen molar-refractivity contribution in [2.75, 3.05) is 55.7 Å². The molecule has 0 spiro atoms. The van der Waals surface area contributed by atoms with E-state index in [1.54, 1.807) is 18.3 Å². The van der Waals surface area contributed by atoms with Gasteiger partial charge in [-0.3, -0.25) is 39.1 Å². The predicted octanol–water partition coefficient (Wildman–Crippen LogP) is 4.57. The summed E-state index contributed by atoms with van der Waals surface area (Å²) in [6, 6.07) is 12.2. The molecule has 0 bridgehead atoms. The van der Waals surface area contributed by atoms with Gasteiger partial charge in [0.25, 0.3) is 11.8 Å². The molecule has 4 aliphatic rings. The maximum Gasteiger partial charge on any atom is 0.262 e. The fourth-order valence-electron chi connectivity index (χ4n) is 8.10. The fraction of sp³-hybridized carbons (Fsp3) is 0.400. The number of carbonyl (C=O) groups excluding carboxylic acids is 5. The van der Waals surface area contributed by atoms with Crippen LogP contribution in [0.25, 0.3) is 22.2 Å². The Morgan fingerprint density at radius 1 is 0.907 bits per heavy atom. The van der Waals surface area contributed by atoms with Gasteiger partial charge in [-0.2, -0.15) is 0 Å². The average molecular weight is 752 g/mol. The molecule has 2 N–H and O–H groups in total. The Hall–Kier alpha value is -5.11. The Bertz CT molecular complexity index is 2160. The van der Waals surface area contributed by atoms with Crippen LogP contribution in [-0.4, -0.2) is 107 Å². The lowest BCUT2D eigenvalue weighted by Crippen LogP contribution is -2.54. The van der Waals surface area contributed by atoms with Gasteiger partial charge in [-0.05, 0) is 73.6 Å². The third-order valence-corrected chi connectivity index (χ3v) is 11.5. The molecule has 3 fully saturated rings. The molecule has 280 valence electrons. The van der Waals surface area contributed by atoms with E-state index in [9.17, 15) is 24.0 Å². The van der Waals surface area contributed by atoms with E-state index in [2.05, 4.69) is 32.0 Å². The number of amides is 5. The second-order valence-corrected chi connectivity index (χ2v) is 14.7. The third-order valence-electron chi connectivity index (χ3n) is 11.1. The van der Waals surface area contributed by atoms with Crippen LogP contribution in [0.1, 0.15) is 65.3 Å². The number of hydrogen-bond donors (Lipinski definition) is 2. The predicted molar refractivity (Wildman–Crippen MR) is 204 cm³/mol. The van der Waals surface area contributed by atoms with Crippen molar-refractivity contribution in [1.82, 2.24) is 25.1 Å². The highest BCUT2D eigenvalue weighted by molar-refractivity contribution is 6.38. The van der Waals surface area contributed by atoms with Gasteiger partial charge in [0.2, 0.25) is 17.7 Å². The first-order chi connectivity index (χ1) is 26.2. The van der Waals surface area contributed by atoms with E-state index in [1.807, 2.05) is 41.4 Å². The quantitative estimate of drug-likeness (QED) is 0.176. The van der Waals surface area contributed by atoms with Crippen molar-refractivity contribution in [3.05, 3.63) is 76.6 Å². The van der Waals surface area contributed by atoms with Gasteiger partial charge < -0.3 is 19.5 Å². The highest BCUT2D eigenvalue weighted by Crippen LogP contribution is 2.37. The lowest BCUT2D eigenvalue weighted by Gasteiger charge is -2.35. The first kappa shape index (κ1) is 35.9. The van der Waals surface area contributed by atoms with Crippen LogP contribution < -0.4 is 15.1 Å². The standard InChI is InChI=1S/C40H42ClN7O6/c1-2-24-21-42-37-35(24)36(41)31(22-43-37)25-5-3-6-27(19-25)47-17-16-45(23-34(47)50)13-4-18-54-28-11-14-46(15-12-28)26-7-8-29-30(20-26)40(53)48(39(29)52)32-9-10-33(49)44-38(32)51/h3,5-8,19-22,28,32H,2,4,9-18,23H2,1H3,(H,42,43)(H,44,49,51). The molecular formula is C40H42ClN7O6. The van der Waals surface area contributed by atoms with Crippen molar-refractivity contribution in [3.8, 4) is 11.1 Å². The van der Waals surface area contributed by atoms with Crippen molar-refractivity contribution in [2.24, 2.45) is 0 Å². The largest absolute Gasteiger partial charge is 0.378 e. The first-order valence-corrected chi connectivity index (χ1v) is 19.1. The summed E-state index contributed by atoms with van der Waals surface area (Å²) in [4.78, 5) is 78.6. The molecule has 0 saturated carbocycles. The number of rotatable bonds is 10. The molecule has 4 aliphatic heterocycles. The summed E-state index contributed by atoms with van der Waals surface area (Å²) in [6.07, 6.45) is 7.38. The zero-order valence-corrected chi connectivity index (χ0v) is 30.9. The molecule has 8 rings (SSSR count). The van der Waals surface area contributed by atoms with E-state index in [4.69, 9.17) is 16.3 Å². The van der Waals surface area contributed by atoms with Gasteiger partial charge in [-0.15, -0.1) is 0 Å². The van der Waals surface area contributed by atoms with Crippen LogP contribution in [0.3, 0.4) is 0 Å². The van der Waals surface area contributed by atoms with E-state index >= 15 is 0 Å². The molecule has 14 heteroatoms. The van der Waals surface area contributed by atoms with Crippen LogP contribution in [0.15, 0.2) is 54.9 Å². The SMILES string of the molecule is CCc1c[nH]c2ncc(-c3cccc(N4CCN(CCCOC5CCN(c6ccc7c(c6)C(=O)N(C6CCC(=O)NC6=O)C7=O)CC5)CC4=O)c3)c(Cl)c12. The molecule has 54 heavy (non-hydrogen) atoms. The van der Waals surface area contributed by atoms with Crippen molar-refractivity contribution in [1.29, 1.82) is 0 Å². The molecular weight excluding hydrogens is 710 g/mol. The number of nitrogens with one attached hydrogen (secondary N) is 2. The van der Waals surface area contributed by atoms with Crippen molar-refractivity contribution in [2.45, 2.75) is 57.6 Å². The van der Waals surface area contributed by atoms with E-state index in [-0.39, 0.29) is 36.0 Å². The Morgan fingerprint density at radius 3 is 2.50 bits per heavy atom. The Labute approximate surface area is 317 Å². The molecule has 2 aromatic carbocycles. The van der Waals surface area contributed by atoms with Crippen LogP contribution in [0.4, 0.5) is 11.4 Å². The van der Waals surface area contributed by atoms with E-state index in [0.717, 1.165) is 95.9 Å². The monoisotopic (exact) mass is 751 g/mol. The smallest absolute Gasteiger partial charge is 0.262 e. The van der Waals surface area contributed by atoms with Gasteiger partial charge in [-0.1, -0.05) is 30.7 Å². The van der Waals surface area contributed by atoms with E-state index in [1.165, 1.54) is 0 Å². The van der Waals surface area contributed by atoms with Crippen LogP contribution >= 0.6 is 11.6 Å². The molecule has 0 aliphatic carbocycles. The number of nitrogens with zero attached hydrogens (tertiary/aromatic N) is 5. The summed E-state index contributed by atoms with van der Waals surface area (Å²) < 4.78 is 6.25. The van der Waals surface area contributed by atoms with Gasteiger partial charge in [0.1, 0.15) is 11.7 Å². The number of hydrogen-bond acceptors (Lipinski definition) is 9. The van der Waals surface area contributed by atoms with Crippen LogP contribution in [0, 0.1) is 0 Å². The molecule has 6 heterocycles. The number of piperidine rings is 2. The lowest BCUT2D eigenvalue weighted by atomic mass is 10.0. The molecule has 2 aromatic heterocycles. The van der Waals surface area contributed by atoms with E-state index in [0.29, 0.717) is 24.7 Å². The summed E-state index contributed by atoms with van der Waals surface area (Å²) in [5.74, 6) is -1.96. The second-order valence-electron chi connectivity index (χ2n) is 14.3. The van der Waals surface area contributed by atoms with Gasteiger partial charge in [0, 0.05) is 80.5 Å². The number of pyridine rings is 1. The highest BCUT2D eigenvalue weighted by Gasteiger charge is 2.45. The zero-order chi connectivity index (χ0) is 37.5. The summed E-state index contributed by atoms with van der Waals surface area (Å²) in [5.41, 5.74) is 5.91. The van der Waals surface area contributed by atoms with E-state index < -0.39 is 29.7 Å². The minimum atomic E-state index is -0.982. The number of carbonyl (C=O) groups is 5. The fourth-order valence-corrected chi connectivity index (χ4v) is 8.47. The summed E-state index contributed by atoms with van der Waals surface area (Å²) in [7, 11) is 0. The number of piperazine rings is 1. The molecule has 1 unspecified atom stereocenters. The average Bonchev–Trinajstić information content (AvgIpc) is 3.72. The zero-order valence-electron chi connectivity index (χ0n) is 30.1. The third kappa shape index (κ3) is 6.76. The number of halogens is 1. The maximum atomic E-state index is 13.3. The number of H-pyrrole nitrogens is 1. The molecule has 3 saturated heterocycles. The number of aromatic amines is 1. The van der Waals surface area contributed by atoms with Crippen molar-refractivity contribution in [3.63, 3.8) is 0 Å². The number of fused-ring (bicyclic) bond motifs is 2. The van der Waals surface area contributed by atoms with Crippen LogP contribution in [0.2, 0.25) is 5.02 Å². The number of aromatic nitrogens is 2. The molecule has 4 aromatic rings. The molecule has 5 amide bonds. The molecule has 13 nitrogen and oxygen atoms in total. The molecule has 1 atom stereocenters. The normalized spacial score (nSPS) is 20.0. The maximum absolute atomic E-state index is 13.3. The van der Waals surface area contributed by atoms with Crippen LogP contribution in [0.5, 0.6) is 0 Å². The minimum absolute atomic E-state index is 0.0616. The number of benzene rings is 2. The first-order valence-electron chi connectivity index (χ1n) is 18.7. The molecule has 0 radical (unpaired) electrons. The minimum Gasteiger partial charge on any atom is -0.378 e. The Morgan fingerprint density at radius 2 is 1.72 bits per heavy atom. The van der Waals surface area contributed by atoms with Gasteiger partial charge in [-0.25, -0.2) is 4.98 Å². The van der Waals surface area contributed by atoms with Gasteiger partial charge >= 0.3 is 0 Å². The topological polar surface area (TPSA) is 148 Å². The second kappa shape index (κ2) is 15.0. The van der Waals surface area contributed by atoms with Crippen molar-refractivity contribution < 1.29 is 28.7 Å². The Balaban J connectivity index is 0.791. The van der Waals surface area contributed by atoms with Crippen molar-refractivity contribution >= 4 is 63.5 Å². The lowest BCUT2D eigenvalue weighted by molar-refractivity contribution is -0.136. The van der Waals surface area contributed by atoms with Gasteiger partial charge in [0.15, 0.2) is 0 Å². The Kier molecular flexibility index (Phi) is 9.95. The highest BCUT2D eigenvalue weighted by atomic mass is 35.5. The summed E-state index contributed by atoms with van der Waals surface area (Å²) in [5, 5.41) is 3.84.